The molecular formula is C8H16N2O3. The number of hydrogen-bond donors (Lipinski definition) is 3. The predicted molar refractivity (Wildman–Crippen MR) is 48.0 cm³/mol. The normalized spacial score (nSPS) is 15.4. The first kappa shape index (κ1) is 12.1. The largest absolute Gasteiger partial charge is 0.394 e. The van der Waals surface area contributed by atoms with Crippen molar-refractivity contribution in [2.45, 2.75) is 31.8 Å². The molecule has 0 aliphatic carbocycles. The maximum absolute atomic E-state index is 10.7. The molecule has 0 saturated heterocycles. The monoisotopic (exact) mass is 188 g/mol. The van der Waals surface area contributed by atoms with E-state index >= 15 is 0 Å². The van der Waals surface area contributed by atoms with E-state index in [0.29, 0.717) is 6.29 Å². The lowest BCUT2D eigenvalue weighted by molar-refractivity contribution is -0.125. The fraction of sp³-hybridized carbons (Fsp3) is 0.750. The average Bonchev–Trinajstić information content (AvgIpc) is 2.01. The second-order valence-corrected chi connectivity index (χ2v) is 3.37. The highest BCUT2D eigenvalue weighted by atomic mass is 16.3. The maximum atomic E-state index is 10.7. The number of aliphatic hydroxyl groups excluding tert-OH is 1. The molecular weight excluding hydrogens is 172 g/mol. The summed E-state index contributed by atoms with van der Waals surface area (Å²) in [6, 6.07) is -0.00306. The number of carbonyl (C=O) groups is 2. The third-order valence-corrected chi connectivity index (χ3v) is 1.57. The molecule has 1 atom stereocenters. The Hall–Kier alpha value is -0.940. The first-order chi connectivity index (χ1) is 5.95. The number of hydrogen-bond acceptors (Lipinski definition) is 4. The van der Waals surface area contributed by atoms with E-state index in [-0.39, 0.29) is 12.5 Å². The topological polar surface area (TPSA) is 92.4 Å². The molecule has 1 amide bonds. The molecule has 0 aromatic heterocycles. The standard InChI is InChI=1S/C8H16N2O3/c1-6(2)10-8(4-11,5-12)3-7(9)13/h4,6,10,12H,3,5H2,1-2H3,(H2,9,13). The fourth-order valence-corrected chi connectivity index (χ4v) is 1.15. The van der Waals surface area contributed by atoms with Gasteiger partial charge in [0.25, 0.3) is 0 Å². The summed E-state index contributed by atoms with van der Waals surface area (Å²) in [5.41, 5.74) is 3.73. The highest BCUT2D eigenvalue weighted by Gasteiger charge is 2.31. The lowest BCUT2D eigenvalue weighted by Crippen LogP contribution is -2.55. The van der Waals surface area contributed by atoms with E-state index in [1.54, 1.807) is 0 Å². The third-order valence-electron chi connectivity index (χ3n) is 1.57. The second-order valence-electron chi connectivity index (χ2n) is 3.37. The zero-order valence-corrected chi connectivity index (χ0v) is 7.91. The van der Waals surface area contributed by atoms with Crippen LogP contribution in [0.3, 0.4) is 0 Å². The molecule has 13 heavy (non-hydrogen) atoms. The molecule has 4 N–H and O–H groups in total. The summed E-state index contributed by atoms with van der Waals surface area (Å²) in [5.74, 6) is -0.616. The van der Waals surface area contributed by atoms with Crippen LogP contribution in [0.4, 0.5) is 0 Å². The Balaban J connectivity index is 4.48. The van der Waals surface area contributed by atoms with Crippen LogP contribution in [0, 0.1) is 0 Å². The number of amides is 1. The zero-order valence-electron chi connectivity index (χ0n) is 7.91. The molecule has 5 heteroatoms. The van der Waals surface area contributed by atoms with E-state index < -0.39 is 18.1 Å². The van der Waals surface area contributed by atoms with Crippen LogP contribution >= 0.6 is 0 Å². The van der Waals surface area contributed by atoms with E-state index in [4.69, 9.17) is 10.8 Å². The van der Waals surface area contributed by atoms with Gasteiger partial charge in [-0.3, -0.25) is 4.79 Å². The molecule has 0 radical (unpaired) electrons. The van der Waals surface area contributed by atoms with Crippen molar-refractivity contribution in [1.82, 2.24) is 5.32 Å². The van der Waals surface area contributed by atoms with Gasteiger partial charge >= 0.3 is 0 Å². The molecule has 0 aromatic rings. The van der Waals surface area contributed by atoms with Crippen molar-refractivity contribution < 1.29 is 14.7 Å². The van der Waals surface area contributed by atoms with E-state index in [1.165, 1.54) is 0 Å². The van der Waals surface area contributed by atoms with Crippen LogP contribution in [0.2, 0.25) is 0 Å². The quantitative estimate of drug-likeness (QED) is 0.456. The number of nitrogens with one attached hydrogen (secondary N) is 1. The molecule has 0 saturated carbocycles. The summed E-state index contributed by atoms with van der Waals surface area (Å²) in [6.45, 7) is 3.20. The van der Waals surface area contributed by atoms with Crippen molar-refractivity contribution in [2.24, 2.45) is 5.73 Å². The van der Waals surface area contributed by atoms with Gasteiger partial charge in [0.2, 0.25) is 5.91 Å². The molecule has 0 heterocycles. The van der Waals surface area contributed by atoms with Crippen molar-refractivity contribution in [3.8, 4) is 0 Å². The van der Waals surface area contributed by atoms with Crippen LogP contribution in [0.15, 0.2) is 0 Å². The highest BCUT2D eigenvalue weighted by molar-refractivity contribution is 5.81. The Morgan fingerprint density at radius 2 is 2.23 bits per heavy atom. The van der Waals surface area contributed by atoms with Crippen LogP contribution < -0.4 is 11.1 Å². The minimum atomic E-state index is -1.22. The molecule has 1 unspecified atom stereocenters. The first-order valence-corrected chi connectivity index (χ1v) is 4.09. The Bertz CT molecular complexity index is 194. The van der Waals surface area contributed by atoms with Gasteiger partial charge < -0.3 is 21.0 Å². The molecule has 0 aromatic carbocycles. The Kier molecular flexibility index (Phi) is 4.58. The third kappa shape index (κ3) is 4.00. The summed E-state index contributed by atoms with van der Waals surface area (Å²) in [7, 11) is 0. The number of carbonyl (C=O) groups excluding carboxylic acids is 2. The number of nitrogens with two attached hydrogens (primary N) is 1. The minimum absolute atomic E-state index is 0.00306. The van der Waals surface area contributed by atoms with Crippen molar-refractivity contribution >= 4 is 12.2 Å². The van der Waals surface area contributed by atoms with Crippen molar-refractivity contribution in [1.29, 1.82) is 0 Å². The molecule has 0 aliphatic heterocycles. The maximum Gasteiger partial charge on any atom is 0.219 e. The second kappa shape index (κ2) is 4.94. The molecule has 76 valence electrons. The van der Waals surface area contributed by atoms with Gasteiger partial charge in [0, 0.05) is 6.04 Å². The van der Waals surface area contributed by atoms with Crippen LogP contribution in [0.25, 0.3) is 0 Å². The summed E-state index contributed by atoms with van der Waals surface area (Å²) in [5, 5.41) is 11.8. The highest BCUT2D eigenvalue weighted by Crippen LogP contribution is 2.07. The van der Waals surface area contributed by atoms with Gasteiger partial charge in [-0.15, -0.1) is 0 Å². The summed E-state index contributed by atoms with van der Waals surface area (Å²) in [4.78, 5) is 21.3. The Morgan fingerprint density at radius 3 is 2.46 bits per heavy atom. The molecule has 0 fully saturated rings. The van der Waals surface area contributed by atoms with Gasteiger partial charge in [-0.1, -0.05) is 0 Å². The number of aldehydes is 1. The minimum Gasteiger partial charge on any atom is -0.394 e. The predicted octanol–water partition coefficient (Wildman–Crippen LogP) is -1.21. The van der Waals surface area contributed by atoms with Gasteiger partial charge in [-0.2, -0.15) is 0 Å². The smallest absolute Gasteiger partial charge is 0.219 e. The van der Waals surface area contributed by atoms with Gasteiger partial charge in [-0.25, -0.2) is 0 Å². The van der Waals surface area contributed by atoms with Crippen molar-refractivity contribution in [3.63, 3.8) is 0 Å². The molecule has 0 spiro atoms. The van der Waals surface area contributed by atoms with Crippen molar-refractivity contribution in [2.75, 3.05) is 6.61 Å². The van der Waals surface area contributed by atoms with Gasteiger partial charge in [0.1, 0.15) is 11.8 Å². The molecule has 5 nitrogen and oxygen atoms in total. The van der Waals surface area contributed by atoms with Crippen LogP contribution in [-0.2, 0) is 9.59 Å². The lowest BCUT2D eigenvalue weighted by atomic mass is 9.97. The van der Waals surface area contributed by atoms with Crippen LogP contribution in [0.1, 0.15) is 20.3 Å². The van der Waals surface area contributed by atoms with Gasteiger partial charge in [0.15, 0.2) is 0 Å². The van der Waals surface area contributed by atoms with Crippen molar-refractivity contribution in [3.05, 3.63) is 0 Å². The molecule has 0 bridgehead atoms. The molecule has 0 aliphatic rings. The molecule has 0 rings (SSSR count). The Labute approximate surface area is 77.3 Å². The summed E-state index contributed by atoms with van der Waals surface area (Å²) < 4.78 is 0. The SMILES string of the molecule is CC(C)NC(C=O)(CO)CC(N)=O. The van der Waals surface area contributed by atoms with Gasteiger partial charge in [-0.05, 0) is 13.8 Å². The fourth-order valence-electron chi connectivity index (χ4n) is 1.15. The van der Waals surface area contributed by atoms with E-state index in [0.717, 1.165) is 0 Å². The number of aliphatic hydroxyl groups is 1. The van der Waals surface area contributed by atoms with E-state index in [1.807, 2.05) is 13.8 Å². The lowest BCUT2D eigenvalue weighted by Gasteiger charge is -2.28. The van der Waals surface area contributed by atoms with Crippen LogP contribution in [0.5, 0.6) is 0 Å². The van der Waals surface area contributed by atoms with Crippen LogP contribution in [-0.4, -0.2) is 35.5 Å². The van der Waals surface area contributed by atoms with E-state index in [9.17, 15) is 9.59 Å². The van der Waals surface area contributed by atoms with E-state index in [2.05, 4.69) is 5.32 Å². The number of rotatable bonds is 6. The summed E-state index contributed by atoms with van der Waals surface area (Å²) in [6.07, 6.45) is 0.336. The van der Waals surface area contributed by atoms with Gasteiger partial charge in [0.05, 0.1) is 13.0 Å². The zero-order chi connectivity index (χ0) is 10.5. The Morgan fingerprint density at radius 1 is 1.69 bits per heavy atom. The number of primary amides is 1. The first-order valence-electron chi connectivity index (χ1n) is 4.09. The summed E-state index contributed by atoms with van der Waals surface area (Å²) >= 11 is 0. The average molecular weight is 188 g/mol.